The fourth-order valence-corrected chi connectivity index (χ4v) is 5.28. The van der Waals surface area contributed by atoms with E-state index in [0.29, 0.717) is 0 Å². The Balaban J connectivity index is 1.55. The number of benzene rings is 2. The fraction of sp³-hybridized carbons (Fsp3) is 0.261. The van der Waals surface area contributed by atoms with Crippen LogP contribution in [0.15, 0.2) is 54.7 Å². The number of fused-ring (bicyclic) bond motifs is 3. The third kappa shape index (κ3) is 2.90. The summed E-state index contributed by atoms with van der Waals surface area (Å²) in [6.45, 7) is 0. The van der Waals surface area contributed by atoms with E-state index in [9.17, 15) is 4.39 Å². The van der Waals surface area contributed by atoms with Gasteiger partial charge in [0.15, 0.2) is 0 Å². The first kappa shape index (κ1) is 16.0. The number of rotatable bonds is 3. The molecule has 0 N–H and O–H groups in total. The minimum Gasteiger partial charge on any atom is -0.256 e. The molecule has 3 heteroatoms. The zero-order chi connectivity index (χ0) is 17.5. The molecule has 5 rings (SSSR count). The molecule has 1 aliphatic carbocycles. The quantitative estimate of drug-likeness (QED) is 0.383. The predicted octanol–water partition coefficient (Wildman–Crippen LogP) is 6.99. The molecular weight excluding hydrogens is 341 g/mol. The van der Waals surface area contributed by atoms with Crippen molar-refractivity contribution < 1.29 is 4.39 Å². The highest BCUT2D eigenvalue weighted by Crippen LogP contribution is 2.36. The second-order valence-electron chi connectivity index (χ2n) is 7.36. The van der Waals surface area contributed by atoms with E-state index >= 15 is 0 Å². The molecule has 0 saturated heterocycles. The van der Waals surface area contributed by atoms with Gasteiger partial charge in [-0.25, -0.2) is 4.39 Å². The molecule has 1 saturated carbocycles. The van der Waals surface area contributed by atoms with Gasteiger partial charge >= 0.3 is 0 Å². The zero-order valence-corrected chi connectivity index (χ0v) is 15.4. The van der Waals surface area contributed by atoms with Crippen LogP contribution in [0.2, 0.25) is 0 Å². The van der Waals surface area contributed by atoms with Crippen molar-refractivity contribution in [1.82, 2.24) is 4.98 Å². The molecule has 2 heterocycles. The van der Waals surface area contributed by atoms with E-state index in [-0.39, 0.29) is 5.82 Å². The predicted molar refractivity (Wildman–Crippen MR) is 108 cm³/mol. The third-order valence-electron chi connectivity index (χ3n) is 5.55. The lowest BCUT2D eigenvalue weighted by molar-refractivity contribution is 0.546. The lowest BCUT2D eigenvalue weighted by atomic mass is 9.97. The van der Waals surface area contributed by atoms with Crippen LogP contribution >= 0.6 is 11.3 Å². The van der Waals surface area contributed by atoms with E-state index in [0.717, 1.165) is 39.1 Å². The van der Waals surface area contributed by atoms with Crippen LogP contribution in [0.3, 0.4) is 0 Å². The van der Waals surface area contributed by atoms with Gasteiger partial charge in [-0.05, 0) is 60.4 Å². The highest BCUT2D eigenvalue weighted by atomic mass is 32.1. The fourth-order valence-electron chi connectivity index (χ4n) is 4.22. The Kier molecular flexibility index (Phi) is 3.97. The summed E-state index contributed by atoms with van der Waals surface area (Å²) in [5.74, 6) is 0.649. The second kappa shape index (κ2) is 6.48. The van der Waals surface area contributed by atoms with Gasteiger partial charge in [0, 0.05) is 31.9 Å². The summed E-state index contributed by atoms with van der Waals surface area (Å²) in [6, 6.07) is 15.9. The average Bonchev–Trinajstić information content (AvgIpc) is 3.29. The Bertz CT molecular complexity index is 1090. The van der Waals surface area contributed by atoms with Crippen molar-refractivity contribution in [3.8, 4) is 11.3 Å². The minimum absolute atomic E-state index is 0.181. The summed E-state index contributed by atoms with van der Waals surface area (Å²) in [5, 5.41) is 2.11. The molecule has 1 nitrogen and oxygen atoms in total. The highest BCUT2D eigenvalue weighted by molar-refractivity contribution is 7.25. The number of aromatic nitrogens is 1. The largest absolute Gasteiger partial charge is 0.256 e. The Morgan fingerprint density at radius 3 is 2.54 bits per heavy atom. The van der Waals surface area contributed by atoms with Gasteiger partial charge in [0.1, 0.15) is 5.82 Å². The maximum absolute atomic E-state index is 13.7. The maximum atomic E-state index is 13.7. The SMILES string of the molecule is Fc1ccc2sc3ccc(-c4cc(CC5CCCC5)ccn4)cc3c2c1. The normalized spacial score (nSPS) is 15.3. The molecule has 1 fully saturated rings. The molecule has 0 bridgehead atoms. The summed E-state index contributed by atoms with van der Waals surface area (Å²) < 4.78 is 16.0. The molecule has 0 spiro atoms. The molecule has 0 radical (unpaired) electrons. The van der Waals surface area contributed by atoms with Gasteiger partial charge in [-0.1, -0.05) is 31.7 Å². The molecule has 2 aromatic heterocycles. The smallest absolute Gasteiger partial charge is 0.123 e. The van der Waals surface area contributed by atoms with Crippen molar-refractivity contribution in [2.24, 2.45) is 5.92 Å². The van der Waals surface area contributed by atoms with Crippen LogP contribution in [-0.2, 0) is 6.42 Å². The van der Waals surface area contributed by atoms with Crippen LogP contribution in [0.4, 0.5) is 4.39 Å². The van der Waals surface area contributed by atoms with Gasteiger partial charge in [0.2, 0.25) is 0 Å². The van der Waals surface area contributed by atoms with Crippen LogP contribution in [0.1, 0.15) is 31.2 Å². The Labute approximate surface area is 156 Å². The Morgan fingerprint density at radius 1 is 0.923 bits per heavy atom. The number of halogens is 1. The molecule has 0 unspecified atom stereocenters. The van der Waals surface area contributed by atoms with Crippen molar-refractivity contribution in [2.75, 3.05) is 0 Å². The lowest BCUT2D eigenvalue weighted by Crippen LogP contribution is -1.99. The molecule has 26 heavy (non-hydrogen) atoms. The average molecular weight is 361 g/mol. The van der Waals surface area contributed by atoms with Crippen LogP contribution < -0.4 is 0 Å². The van der Waals surface area contributed by atoms with Crippen molar-refractivity contribution in [1.29, 1.82) is 0 Å². The molecule has 4 aromatic rings. The Morgan fingerprint density at radius 2 is 1.69 bits per heavy atom. The van der Waals surface area contributed by atoms with E-state index in [1.165, 1.54) is 42.0 Å². The Hall–Kier alpha value is -2.26. The number of hydrogen-bond acceptors (Lipinski definition) is 2. The number of nitrogens with zero attached hydrogens (tertiary/aromatic N) is 1. The first-order chi connectivity index (χ1) is 12.8. The van der Waals surface area contributed by atoms with Crippen LogP contribution in [0, 0.1) is 11.7 Å². The summed E-state index contributed by atoms with van der Waals surface area (Å²) in [7, 11) is 0. The molecule has 1 aliphatic rings. The van der Waals surface area contributed by atoms with E-state index < -0.39 is 0 Å². The van der Waals surface area contributed by atoms with Gasteiger partial charge in [0.25, 0.3) is 0 Å². The summed E-state index contributed by atoms with van der Waals surface area (Å²) >= 11 is 1.71. The monoisotopic (exact) mass is 361 g/mol. The van der Waals surface area contributed by atoms with Gasteiger partial charge in [-0.3, -0.25) is 4.98 Å². The van der Waals surface area contributed by atoms with Crippen LogP contribution in [-0.4, -0.2) is 4.98 Å². The van der Waals surface area contributed by atoms with E-state index in [2.05, 4.69) is 35.3 Å². The lowest BCUT2D eigenvalue weighted by Gasteiger charge is -2.10. The topological polar surface area (TPSA) is 12.9 Å². The van der Waals surface area contributed by atoms with E-state index in [1.54, 1.807) is 17.4 Å². The molecule has 2 aromatic carbocycles. The number of hydrogen-bond donors (Lipinski definition) is 0. The van der Waals surface area contributed by atoms with Gasteiger partial charge in [-0.2, -0.15) is 0 Å². The standard InChI is InChI=1S/C23H20FNS/c24-18-6-8-23-20(14-18)19-13-17(5-7-22(19)26-23)21-12-16(9-10-25-21)11-15-3-1-2-4-15/h5-10,12-15H,1-4,11H2. The van der Waals surface area contributed by atoms with E-state index in [4.69, 9.17) is 0 Å². The van der Waals surface area contributed by atoms with Crippen LogP contribution in [0.25, 0.3) is 31.4 Å². The second-order valence-corrected chi connectivity index (χ2v) is 8.44. The molecule has 0 atom stereocenters. The minimum atomic E-state index is -0.181. The number of thiophene rings is 1. The molecular formula is C23H20FNS. The van der Waals surface area contributed by atoms with Crippen molar-refractivity contribution in [3.05, 3.63) is 66.1 Å². The highest BCUT2D eigenvalue weighted by Gasteiger charge is 2.16. The van der Waals surface area contributed by atoms with Crippen molar-refractivity contribution in [3.63, 3.8) is 0 Å². The third-order valence-corrected chi connectivity index (χ3v) is 6.70. The summed E-state index contributed by atoms with van der Waals surface area (Å²) in [5.41, 5.74) is 3.50. The first-order valence-corrected chi connectivity index (χ1v) is 10.1. The van der Waals surface area contributed by atoms with Gasteiger partial charge in [-0.15, -0.1) is 11.3 Å². The summed E-state index contributed by atoms with van der Waals surface area (Å²) in [6.07, 6.45) is 8.55. The first-order valence-electron chi connectivity index (χ1n) is 9.33. The molecule has 130 valence electrons. The zero-order valence-electron chi connectivity index (χ0n) is 14.5. The molecule has 0 amide bonds. The van der Waals surface area contributed by atoms with Crippen LogP contribution in [0.5, 0.6) is 0 Å². The van der Waals surface area contributed by atoms with E-state index in [1.807, 2.05) is 12.3 Å². The van der Waals surface area contributed by atoms with Crippen molar-refractivity contribution in [2.45, 2.75) is 32.1 Å². The maximum Gasteiger partial charge on any atom is 0.123 e. The van der Waals surface area contributed by atoms with Gasteiger partial charge < -0.3 is 0 Å². The summed E-state index contributed by atoms with van der Waals surface area (Å²) in [4.78, 5) is 4.60. The van der Waals surface area contributed by atoms with Crippen molar-refractivity contribution >= 4 is 31.5 Å². The van der Waals surface area contributed by atoms with Gasteiger partial charge in [0.05, 0.1) is 5.69 Å². The number of pyridine rings is 1. The molecule has 0 aliphatic heterocycles.